The lowest BCUT2D eigenvalue weighted by Crippen LogP contribution is -2.36. The average molecular weight is 362 g/mol. The Morgan fingerprint density at radius 3 is 2.56 bits per heavy atom. The van der Waals surface area contributed by atoms with Crippen molar-refractivity contribution in [3.8, 4) is 0 Å². The zero-order valence-electron chi connectivity index (χ0n) is 14.7. The van der Waals surface area contributed by atoms with Gasteiger partial charge in [-0.1, -0.05) is 12.1 Å². The molecule has 25 heavy (non-hydrogen) atoms. The van der Waals surface area contributed by atoms with E-state index < -0.39 is 0 Å². The molecule has 0 saturated carbocycles. The van der Waals surface area contributed by atoms with Crippen LogP contribution in [-0.4, -0.2) is 23.1 Å². The third-order valence-corrected chi connectivity index (χ3v) is 5.54. The van der Waals surface area contributed by atoms with Crippen LogP contribution in [0.5, 0.6) is 0 Å². The molecule has 4 nitrogen and oxygen atoms in total. The van der Waals surface area contributed by atoms with E-state index in [4.69, 9.17) is 4.74 Å². The predicted octanol–water partition coefficient (Wildman–Crippen LogP) is 4.32. The van der Waals surface area contributed by atoms with Crippen molar-refractivity contribution in [3.63, 3.8) is 0 Å². The van der Waals surface area contributed by atoms with E-state index in [0.717, 1.165) is 29.0 Å². The maximum absolute atomic E-state index is 13.0. The molecule has 0 bridgehead atoms. The predicted molar refractivity (Wildman–Crippen MR) is 97.4 cm³/mol. The summed E-state index contributed by atoms with van der Waals surface area (Å²) in [5.74, 6) is -0.259. The molecule has 2 aromatic rings. The van der Waals surface area contributed by atoms with Crippen molar-refractivity contribution in [2.24, 2.45) is 5.92 Å². The number of halogens is 1. The summed E-state index contributed by atoms with van der Waals surface area (Å²) in [4.78, 5) is 18.1. The van der Waals surface area contributed by atoms with E-state index in [1.165, 1.54) is 23.5 Å². The zero-order chi connectivity index (χ0) is 18.0. The van der Waals surface area contributed by atoms with Gasteiger partial charge in [0.05, 0.1) is 17.9 Å². The van der Waals surface area contributed by atoms with Crippen LogP contribution in [-0.2, 0) is 16.0 Å². The number of carbonyl (C=O) groups excluding carboxylic acids is 1. The number of anilines is 1. The van der Waals surface area contributed by atoms with E-state index in [1.807, 2.05) is 20.8 Å². The number of ether oxygens (including phenoxy) is 1. The summed E-state index contributed by atoms with van der Waals surface area (Å²) in [5.41, 5.74) is 1.93. The second kappa shape index (κ2) is 7.62. The zero-order valence-corrected chi connectivity index (χ0v) is 15.5. The van der Waals surface area contributed by atoms with Crippen molar-refractivity contribution in [1.82, 2.24) is 4.98 Å². The standard InChI is InChI=1S/C19H23FN2O2S/c1-11-8-15(9-12(2)24-11)18(23)22-19-21-13(3)17(25-19)10-14-4-6-16(20)7-5-14/h4-7,11-12,15H,8-10H2,1-3H3,(H,21,22,23). The highest BCUT2D eigenvalue weighted by atomic mass is 32.1. The van der Waals surface area contributed by atoms with Gasteiger partial charge in [-0.3, -0.25) is 4.79 Å². The minimum Gasteiger partial charge on any atom is -0.376 e. The van der Waals surface area contributed by atoms with Crippen molar-refractivity contribution in [3.05, 3.63) is 46.2 Å². The van der Waals surface area contributed by atoms with Gasteiger partial charge in [0.15, 0.2) is 5.13 Å². The molecule has 1 aromatic heterocycles. The van der Waals surface area contributed by atoms with Gasteiger partial charge in [-0.15, -0.1) is 11.3 Å². The maximum atomic E-state index is 13.0. The number of hydrogen-bond acceptors (Lipinski definition) is 4. The van der Waals surface area contributed by atoms with Crippen molar-refractivity contribution >= 4 is 22.4 Å². The third kappa shape index (κ3) is 4.64. The highest BCUT2D eigenvalue weighted by Crippen LogP contribution is 2.29. The van der Waals surface area contributed by atoms with Crippen molar-refractivity contribution in [2.75, 3.05) is 5.32 Å². The first-order chi connectivity index (χ1) is 11.9. The number of aryl methyl sites for hydroxylation is 1. The maximum Gasteiger partial charge on any atom is 0.229 e. The summed E-state index contributed by atoms with van der Waals surface area (Å²) < 4.78 is 18.7. The first kappa shape index (κ1) is 18.0. The molecule has 1 N–H and O–H groups in total. The van der Waals surface area contributed by atoms with Gasteiger partial charge in [-0.05, 0) is 51.3 Å². The Morgan fingerprint density at radius 1 is 1.28 bits per heavy atom. The summed E-state index contributed by atoms with van der Waals surface area (Å²) in [6.07, 6.45) is 2.37. The van der Waals surface area contributed by atoms with Crippen LogP contribution in [0.25, 0.3) is 0 Å². The van der Waals surface area contributed by atoms with Gasteiger partial charge in [-0.25, -0.2) is 9.37 Å². The molecule has 1 aromatic carbocycles. The van der Waals surface area contributed by atoms with Gasteiger partial charge < -0.3 is 10.1 Å². The molecule has 1 saturated heterocycles. The van der Waals surface area contributed by atoms with E-state index in [0.29, 0.717) is 11.6 Å². The molecule has 2 atom stereocenters. The second-order valence-electron chi connectivity index (χ2n) is 6.75. The van der Waals surface area contributed by atoms with Crippen LogP contribution >= 0.6 is 11.3 Å². The molecule has 1 aliphatic heterocycles. The minimum absolute atomic E-state index is 0.0177. The highest BCUT2D eigenvalue weighted by molar-refractivity contribution is 7.15. The van der Waals surface area contributed by atoms with Crippen LogP contribution in [0.15, 0.2) is 24.3 Å². The quantitative estimate of drug-likeness (QED) is 0.881. The summed E-state index contributed by atoms with van der Waals surface area (Å²) in [6, 6.07) is 6.47. The second-order valence-corrected chi connectivity index (χ2v) is 7.83. The summed E-state index contributed by atoms with van der Waals surface area (Å²) >= 11 is 1.48. The van der Waals surface area contributed by atoms with Crippen molar-refractivity contribution < 1.29 is 13.9 Å². The third-order valence-electron chi connectivity index (χ3n) is 4.47. The molecule has 134 valence electrons. The molecule has 2 unspecified atom stereocenters. The van der Waals surface area contributed by atoms with Gasteiger partial charge in [0.25, 0.3) is 0 Å². The summed E-state index contributed by atoms with van der Waals surface area (Å²) in [5, 5.41) is 3.59. The average Bonchev–Trinajstić information content (AvgIpc) is 2.88. The largest absolute Gasteiger partial charge is 0.376 e. The van der Waals surface area contributed by atoms with Crippen LogP contribution < -0.4 is 5.32 Å². The molecule has 1 aliphatic rings. The Kier molecular flexibility index (Phi) is 5.49. The summed E-state index contributed by atoms with van der Waals surface area (Å²) in [6.45, 7) is 5.94. The Morgan fingerprint density at radius 2 is 1.92 bits per heavy atom. The molecular weight excluding hydrogens is 339 g/mol. The highest BCUT2D eigenvalue weighted by Gasteiger charge is 2.30. The van der Waals surface area contributed by atoms with Crippen LogP contribution in [0.1, 0.15) is 42.8 Å². The fraction of sp³-hybridized carbons (Fsp3) is 0.474. The Bertz CT molecular complexity index is 734. The lowest BCUT2D eigenvalue weighted by atomic mass is 9.92. The SMILES string of the molecule is Cc1nc(NC(=O)C2CC(C)OC(C)C2)sc1Cc1ccc(F)cc1. The number of rotatable bonds is 4. The van der Waals surface area contributed by atoms with Crippen LogP contribution in [0.4, 0.5) is 9.52 Å². The number of nitrogens with one attached hydrogen (secondary N) is 1. The number of hydrogen-bond donors (Lipinski definition) is 1. The Balaban J connectivity index is 1.65. The molecule has 1 amide bonds. The summed E-state index contributed by atoms with van der Waals surface area (Å²) in [7, 11) is 0. The molecule has 3 rings (SSSR count). The molecular formula is C19H23FN2O2S. The number of nitrogens with zero attached hydrogens (tertiary/aromatic N) is 1. The first-order valence-corrected chi connectivity index (χ1v) is 9.39. The van der Waals surface area contributed by atoms with Crippen LogP contribution in [0.3, 0.4) is 0 Å². The lowest BCUT2D eigenvalue weighted by Gasteiger charge is -2.30. The fourth-order valence-corrected chi connectivity index (χ4v) is 4.26. The molecule has 1 fully saturated rings. The number of amides is 1. The van der Waals surface area contributed by atoms with E-state index in [1.54, 1.807) is 12.1 Å². The number of aromatic nitrogens is 1. The minimum atomic E-state index is -0.238. The lowest BCUT2D eigenvalue weighted by molar-refractivity contribution is -0.127. The van der Waals surface area contributed by atoms with E-state index >= 15 is 0 Å². The number of carbonyl (C=O) groups is 1. The van der Waals surface area contributed by atoms with Gasteiger partial charge in [0.1, 0.15) is 5.82 Å². The number of benzene rings is 1. The van der Waals surface area contributed by atoms with E-state index in [-0.39, 0.29) is 29.9 Å². The van der Waals surface area contributed by atoms with Gasteiger partial charge >= 0.3 is 0 Å². The Hall–Kier alpha value is -1.79. The van der Waals surface area contributed by atoms with Crippen molar-refractivity contribution in [1.29, 1.82) is 0 Å². The van der Waals surface area contributed by atoms with E-state index in [2.05, 4.69) is 10.3 Å². The Labute approximate surface area is 151 Å². The van der Waals surface area contributed by atoms with Gasteiger partial charge in [0, 0.05) is 17.2 Å². The molecule has 0 spiro atoms. The molecule has 2 heterocycles. The first-order valence-electron chi connectivity index (χ1n) is 8.57. The monoisotopic (exact) mass is 362 g/mol. The number of thiazole rings is 1. The normalized spacial score (nSPS) is 23.4. The van der Waals surface area contributed by atoms with Crippen LogP contribution in [0.2, 0.25) is 0 Å². The fourth-order valence-electron chi connectivity index (χ4n) is 3.26. The molecule has 0 radical (unpaired) electrons. The molecule has 0 aliphatic carbocycles. The van der Waals surface area contributed by atoms with E-state index in [9.17, 15) is 9.18 Å². The van der Waals surface area contributed by atoms with Crippen LogP contribution in [0, 0.1) is 18.7 Å². The van der Waals surface area contributed by atoms with Crippen molar-refractivity contribution in [2.45, 2.75) is 52.2 Å². The smallest absolute Gasteiger partial charge is 0.229 e. The topological polar surface area (TPSA) is 51.2 Å². The van der Waals surface area contributed by atoms with Gasteiger partial charge in [-0.2, -0.15) is 0 Å². The molecule has 6 heteroatoms. The van der Waals surface area contributed by atoms with Gasteiger partial charge in [0.2, 0.25) is 5.91 Å².